The number of rotatable bonds is 3. The van der Waals surface area contributed by atoms with Crippen LogP contribution in [0.15, 0.2) is 59.1 Å². The van der Waals surface area contributed by atoms with Gasteiger partial charge in [-0.15, -0.1) is 4.36 Å². The Morgan fingerprint density at radius 2 is 2.00 bits per heavy atom. The summed E-state index contributed by atoms with van der Waals surface area (Å²) in [7, 11) is -0.196. The zero-order valence-corrected chi connectivity index (χ0v) is 30.6. The van der Waals surface area contributed by atoms with E-state index in [0.717, 1.165) is 55.2 Å². The molecule has 264 valence electrons. The summed E-state index contributed by atoms with van der Waals surface area (Å²) < 4.78 is 35.6. The van der Waals surface area contributed by atoms with Gasteiger partial charge >= 0.3 is 0 Å². The molecule has 5 aliphatic rings. The van der Waals surface area contributed by atoms with Gasteiger partial charge in [-0.05, 0) is 91.3 Å². The molecule has 10 nitrogen and oxygen atoms in total. The van der Waals surface area contributed by atoms with Crippen molar-refractivity contribution in [2.45, 2.75) is 56.7 Å². The number of aryl methyl sites for hydroxylation is 2. The van der Waals surface area contributed by atoms with Gasteiger partial charge in [-0.3, -0.25) is 19.0 Å². The van der Waals surface area contributed by atoms with Crippen LogP contribution in [0, 0.1) is 23.7 Å². The molecule has 2 amide bonds. The number of nitrogens with zero attached hydrogens (tertiary/aromatic N) is 4. The molecule has 2 aromatic carbocycles. The number of nitrogens with one attached hydrogen (secondary N) is 1. The van der Waals surface area contributed by atoms with Crippen molar-refractivity contribution in [3.63, 3.8) is 0 Å². The number of carbonyl (C=O) groups is 2. The van der Waals surface area contributed by atoms with E-state index in [1.165, 1.54) is 22.0 Å². The zero-order valence-electron chi connectivity index (χ0n) is 28.3. The second-order valence-corrected chi connectivity index (χ2v) is 17.5. The number of aromatic nitrogens is 2. The van der Waals surface area contributed by atoms with Gasteiger partial charge in [0.05, 0.1) is 28.5 Å². The minimum atomic E-state index is -3.58. The molecule has 8 atom stereocenters. The lowest BCUT2D eigenvalue weighted by Crippen LogP contribution is -2.46. The van der Waals surface area contributed by atoms with Gasteiger partial charge in [-0.1, -0.05) is 48.3 Å². The lowest BCUT2D eigenvalue weighted by atomic mass is 9.70. The lowest BCUT2D eigenvalue weighted by molar-refractivity contribution is 0.0133. The summed E-state index contributed by atoms with van der Waals surface area (Å²) in [5, 5.41) is 4.73. The van der Waals surface area contributed by atoms with E-state index >= 15 is 0 Å². The van der Waals surface area contributed by atoms with Crippen molar-refractivity contribution in [3.8, 4) is 5.75 Å². The van der Waals surface area contributed by atoms with Gasteiger partial charge in [0.25, 0.3) is 11.8 Å². The van der Waals surface area contributed by atoms with E-state index < -0.39 is 21.7 Å². The Balaban J connectivity index is 1.21. The van der Waals surface area contributed by atoms with Gasteiger partial charge < -0.3 is 14.4 Å². The van der Waals surface area contributed by atoms with Crippen molar-refractivity contribution in [1.29, 1.82) is 0 Å². The van der Waals surface area contributed by atoms with Crippen LogP contribution < -0.4 is 14.4 Å². The number of amides is 2. The average Bonchev–Trinajstić information content (AvgIpc) is 3.58. The van der Waals surface area contributed by atoms with Crippen molar-refractivity contribution in [3.05, 3.63) is 87.2 Å². The largest absolute Gasteiger partial charge is 0.487 e. The molecule has 1 aromatic heterocycles. The van der Waals surface area contributed by atoms with Crippen molar-refractivity contribution in [2.75, 3.05) is 30.9 Å². The Kier molecular flexibility index (Phi) is 8.56. The number of methoxy groups -OCH3 is 1. The first-order valence-electron chi connectivity index (χ1n) is 17.3. The third-order valence-corrected chi connectivity index (χ3v) is 14.0. The summed E-state index contributed by atoms with van der Waals surface area (Å²) in [6.45, 7) is 3.45. The highest BCUT2D eigenvalue weighted by molar-refractivity contribution is 7.92. The first kappa shape index (κ1) is 33.7. The number of halogens is 2. The number of anilines is 1. The van der Waals surface area contributed by atoms with Gasteiger partial charge in [0.1, 0.15) is 21.8 Å². The zero-order chi connectivity index (χ0) is 34.9. The monoisotopic (exact) mass is 737 g/mol. The summed E-state index contributed by atoms with van der Waals surface area (Å²) in [6.07, 6.45) is 10.3. The molecule has 50 heavy (non-hydrogen) atoms. The minimum absolute atomic E-state index is 0.00982. The van der Waals surface area contributed by atoms with E-state index in [4.69, 9.17) is 32.7 Å². The van der Waals surface area contributed by atoms with Crippen molar-refractivity contribution in [1.82, 2.24) is 14.5 Å². The number of hydrogen-bond donors (Lipinski definition) is 1. The molecule has 1 N–H and O–H groups in total. The Labute approximate surface area is 302 Å². The van der Waals surface area contributed by atoms with Crippen LogP contribution in [0.1, 0.15) is 64.4 Å². The Hall–Kier alpha value is -3.38. The molecule has 0 radical (unpaired) electrons. The standard InChI is InChI=1S/C37H41Cl2N5O5S/c1-21-5-4-6-31(48-3)26-11-7-24(26)17-44-20-37-28-13-10-25(38)15-22(28)8-12-29(37)33(37)49-32-14-9-23(16-30(32)44)35(45)41-50(47,19-21)42-36(46)27-18-43(2)40-34(27)39/h4,6,9-10,13-16,18,21,24,26,29,31,33H,5,7-8,11-12,17,19-20H2,1-3H3,(H,41,42,45,46,47)/b6-4+/t21-,24-,26+,29?,31-,33?,37+,50-/m0/s1. The molecule has 2 saturated carbocycles. The molecule has 3 heterocycles. The second-order valence-electron chi connectivity index (χ2n) is 14.7. The van der Waals surface area contributed by atoms with Crippen molar-refractivity contribution < 1.29 is 23.3 Å². The normalized spacial score (nSPS) is 33.5. The molecule has 2 fully saturated rings. The molecule has 3 aromatic rings. The van der Waals surface area contributed by atoms with Crippen molar-refractivity contribution in [2.24, 2.45) is 35.1 Å². The van der Waals surface area contributed by atoms with Gasteiger partial charge in [0.2, 0.25) is 0 Å². The van der Waals surface area contributed by atoms with E-state index in [-0.39, 0.29) is 45.6 Å². The fourth-order valence-electron chi connectivity index (χ4n) is 8.89. The summed E-state index contributed by atoms with van der Waals surface area (Å²) in [5.41, 5.74) is 3.54. The van der Waals surface area contributed by atoms with Gasteiger partial charge in [-0.2, -0.15) is 5.10 Å². The molecular formula is C37H41Cl2N5O5S. The van der Waals surface area contributed by atoms with Crippen LogP contribution in [0.25, 0.3) is 0 Å². The Bertz CT molecular complexity index is 2040. The molecule has 8 rings (SSSR count). The average molecular weight is 739 g/mol. The SMILES string of the molecule is CO[C@H]1/C=C/C[C@H](C)C[S@@](=O)(NC(=O)c2cn(C)nc2Cl)=NC(=O)c2ccc3c(c2)N(C[C@@H]2CC[C@H]21)C[C@@]12c4ccc(Cl)cc4CCC1C2O3. The van der Waals surface area contributed by atoms with Crippen LogP contribution in [0.3, 0.4) is 0 Å². The fourth-order valence-corrected chi connectivity index (χ4v) is 11.2. The lowest BCUT2D eigenvalue weighted by Gasteiger charge is -2.44. The third-order valence-electron chi connectivity index (χ3n) is 11.5. The smallest absolute Gasteiger partial charge is 0.286 e. The van der Waals surface area contributed by atoms with Crippen LogP contribution in [0.4, 0.5) is 5.69 Å². The minimum Gasteiger partial charge on any atom is -0.487 e. The first-order valence-corrected chi connectivity index (χ1v) is 19.8. The third kappa shape index (κ3) is 5.84. The van der Waals surface area contributed by atoms with E-state index in [9.17, 15) is 13.8 Å². The van der Waals surface area contributed by atoms with Crippen LogP contribution >= 0.6 is 23.2 Å². The number of carbonyl (C=O) groups excluding carboxylic acids is 2. The van der Waals surface area contributed by atoms with Gasteiger partial charge in [0.15, 0.2) is 5.15 Å². The summed E-state index contributed by atoms with van der Waals surface area (Å²) in [6, 6.07) is 11.6. The highest BCUT2D eigenvalue weighted by atomic mass is 35.5. The maximum Gasteiger partial charge on any atom is 0.286 e. The predicted octanol–water partition coefficient (Wildman–Crippen LogP) is 6.40. The van der Waals surface area contributed by atoms with Crippen LogP contribution in [0.2, 0.25) is 10.2 Å². The first-order chi connectivity index (χ1) is 24.0. The van der Waals surface area contributed by atoms with E-state index in [1.807, 2.05) is 25.1 Å². The fraction of sp³-hybridized carbons (Fsp3) is 0.486. The van der Waals surface area contributed by atoms with Crippen LogP contribution in [-0.2, 0) is 33.5 Å². The number of allylic oxidation sites excluding steroid dienone is 1. The molecule has 3 aliphatic carbocycles. The molecule has 2 bridgehead atoms. The van der Waals surface area contributed by atoms with Gasteiger partial charge in [0, 0.05) is 49.9 Å². The number of hydrogen-bond acceptors (Lipinski definition) is 7. The van der Waals surface area contributed by atoms with E-state index in [1.54, 1.807) is 20.2 Å². The van der Waals surface area contributed by atoms with E-state index in [0.29, 0.717) is 24.2 Å². The number of ether oxygens (including phenoxy) is 2. The highest BCUT2D eigenvalue weighted by Crippen LogP contribution is 2.64. The van der Waals surface area contributed by atoms with Crippen molar-refractivity contribution >= 4 is 50.6 Å². The van der Waals surface area contributed by atoms with Crippen LogP contribution in [0.5, 0.6) is 5.75 Å². The quantitative estimate of drug-likeness (QED) is 0.310. The molecule has 0 saturated heterocycles. The van der Waals surface area contributed by atoms with Gasteiger partial charge in [-0.25, -0.2) is 4.21 Å². The maximum atomic E-state index is 14.5. The van der Waals surface area contributed by atoms with Crippen LogP contribution in [-0.4, -0.2) is 64.0 Å². The summed E-state index contributed by atoms with van der Waals surface area (Å²) >= 11 is 12.6. The molecular weight excluding hydrogens is 697 g/mol. The second kappa shape index (κ2) is 12.7. The van der Waals surface area contributed by atoms with E-state index in [2.05, 4.69) is 43.4 Å². The highest BCUT2D eigenvalue weighted by Gasteiger charge is 2.70. The predicted molar refractivity (Wildman–Crippen MR) is 193 cm³/mol. The Morgan fingerprint density at radius 1 is 1.16 bits per heavy atom. The summed E-state index contributed by atoms with van der Waals surface area (Å²) in [5.74, 6) is 0.240. The molecule has 1 spiro atoms. The number of fused-ring (bicyclic) bond motifs is 4. The maximum absolute atomic E-state index is 14.5. The molecule has 2 aliphatic heterocycles. The topological polar surface area (TPSA) is 115 Å². The Morgan fingerprint density at radius 3 is 2.74 bits per heavy atom. The molecule has 13 heteroatoms. The number of benzene rings is 2. The summed E-state index contributed by atoms with van der Waals surface area (Å²) in [4.78, 5) is 29.7. The molecule has 2 unspecified atom stereocenters.